The van der Waals surface area contributed by atoms with Crippen molar-refractivity contribution in [2.24, 2.45) is 0 Å². The highest BCUT2D eigenvalue weighted by molar-refractivity contribution is 5.94. The first kappa shape index (κ1) is 20.5. The number of ether oxygens (including phenoxy) is 2. The SMILES string of the molecule is CCOCCOc1ccc(CCNC(=O)c2ccc(CC(=O)O)cc2)cc1. The molecule has 27 heavy (non-hydrogen) atoms. The van der Waals surface area contributed by atoms with Crippen molar-refractivity contribution in [2.45, 2.75) is 19.8 Å². The minimum absolute atomic E-state index is 0.0484. The summed E-state index contributed by atoms with van der Waals surface area (Å²) in [6.45, 7) is 4.24. The van der Waals surface area contributed by atoms with E-state index >= 15 is 0 Å². The first-order valence-electron chi connectivity index (χ1n) is 8.97. The van der Waals surface area contributed by atoms with Gasteiger partial charge in [0.25, 0.3) is 5.91 Å². The van der Waals surface area contributed by atoms with Gasteiger partial charge in [0.1, 0.15) is 12.4 Å². The average molecular weight is 371 g/mol. The summed E-state index contributed by atoms with van der Waals surface area (Å²) < 4.78 is 10.8. The molecule has 0 saturated carbocycles. The van der Waals surface area contributed by atoms with Gasteiger partial charge in [-0.25, -0.2) is 0 Å². The highest BCUT2D eigenvalue weighted by atomic mass is 16.5. The van der Waals surface area contributed by atoms with Gasteiger partial charge in [-0.15, -0.1) is 0 Å². The third kappa shape index (κ3) is 7.50. The molecule has 6 heteroatoms. The largest absolute Gasteiger partial charge is 0.491 e. The topological polar surface area (TPSA) is 84.9 Å². The quantitative estimate of drug-likeness (QED) is 0.593. The summed E-state index contributed by atoms with van der Waals surface area (Å²) in [5, 5.41) is 11.6. The smallest absolute Gasteiger partial charge is 0.307 e. The van der Waals surface area contributed by atoms with Crippen molar-refractivity contribution in [1.82, 2.24) is 5.32 Å². The molecule has 2 rings (SSSR count). The number of hydrogen-bond acceptors (Lipinski definition) is 4. The van der Waals surface area contributed by atoms with Crippen molar-refractivity contribution < 1.29 is 24.2 Å². The fourth-order valence-electron chi connectivity index (χ4n) is 2.49. The molecule has 0 spiro atoms. The Bertz CT molecular complexity index is 725. The van der Waals surface area contributed by atoms with Crippen LogP contribution in [-0.2, 0) is 22.4 Å². The molecule has 0 atom stereocenters. The standard InChI is InChI=1S/C21H25NO5/c1-2-26-13-14-27-19-9-5-16(6-10-19)11-12-22-21(25)18-7-3-17(4-8-18)15-20(23)24/h3-10H,2,11-15H2,1H3,(H,22,25)(H,23,24). The Balaban J connectivity index is 1.73. The van der Waals surface area contributed by atoms with Crippen molar-refractivity contribution in [1.29, 1.82) is 0 Å². The molecule has 2 N–H and O–H groups in total. The maximum atomic E-state index is 12.1. The maximum absolute atomic E-state index is 12.1. The van der Waals surface area contributed by atoms with E-state index in [1.54, 1.807) is 24.3 Å². The van der Waals surface area contributed by atoms with Crippen LogP contribution in [0.5, 0.6) is 5.75 Å². The molecule has 1 amide bonds. The first-order chi connectivity index (χ1) is 13.1. The van der Waals surface area contributed by atoms with E-state index < -0.39 is 5.97 Å². The summed E-state index contributed by atoms with van der Waals surface area (Å²) >= 11 is 0. The molecule has 2 aromatic rings. The number of carboxylic acids is 1. The number of benzene rings is 2. The summed E-state index contributed by atoms with van der Waals surface area (Å²) in [6, 6.07) is 14.4. The molecular weight excluding hydrogens is 346 g/mol. The second-order valence-electron chi connectivity index (χ2n) is 5.96. The Morgan fingerprint density at radius 3 is 2.26 bits per heavy atom. The van der Waals surface area contributed by atoms with Crippen molar-refractivity contribution in [3.63, 3.8) is 0 Å². The molecule has 0 aliphatic heterocycles. The van der Waals surface area contributed by atoms with E-state index in [1.807, 2.05) is 31.2 Å². The third-order valence-corrected chi connectivity index (χ3v) is 3.89. The molecule has 0 unspecified atom stereocenters. The Morgan fingerprint density at radius 1 is 0.963 bits per heavy atom. The Hall–Kier alpha value is -2.86. The lowest BCUT2D eigenvalue weighted by atomic mass is 10.1. The second-order valence-corrected chi connectivity index (χ2v) is 5.96. The number of aliphatic carboxylic acids is 1. The minimum atomic E-state index is -0.891. The van der Waals surface area contributed by atoms with Gasteiger partial charge in [-0.3, -0.25) is 9.59 Å². The van der Waals surface area contributed by atoms with E-state index in [2.05, 4.69) is 5.32 Å². The van der Waals surface area contributed by atoms with Gasteiger partial charge < -0.3 is 19.9 Å². The zero-order valence-corrected chi connectivity index (χ0v) is 15.4. The zero-order valence-electron chi connectivity index (χ0n) is 15.4. The summed E-state index contributed by atoms with van der Waals surface area (Å²) in [7, 11) is 0. The van der Waals surface area contributed by atoms with Crippen LogP contribution in [0.15, 0.2) is 48.5 Å². The molecule has 0 fully saturated rings. The third-order valence-electron chi connectivity index (χ3n) is 3.89. The molecule has 0 aliphatic carbocycles. The summed E-state index contributed by atoms with van der Waals surface area (Å²) in [6.07, 6.45) is 0.662. The normalized spacial score (nSPS) is 10.4. The Kier molecular flexibility index (Phi) is 8.32. The van der Waals surface area contributed by atoms with E-state index in [0.29, 0.717) is 43.9 Å². The Labute approximate surface area is 159 Å². The highest BCUT2D eigenvalue weighted by Crippen LogP contribution is 2.12. The summed E-state index contributed by atoms with van der Waals surface area (Å²) in [4.78, 5) is 22.8. The van der Waals surface area contributed by atoms with E-state index in [1.165, 1.54) is 0 Å². The highest BCUT2D eigenvalue weighted by Gasteiger charge is 2.06. The molecule has 6 nitrogen and oxygen atoms in total. The molecular formula is C21H25NO5. The number of carboxylic acid groups (broad SMARTS) is 1. The molecule has 0 aliphatic rings. The fraction of sp³-hybridized carbons (Fsp3) is 0.333. The second kappa shape index (κ2) is 11.0. The number of rotatable bonds is 11. The van der Waals surface area contributed by atoms with E-state index in [0.717, 1.165) is 11.3 Å². The summed E-state index contributed by atoms with van der Waals surface area (Å²) in [5.74, 6) is -0.269. The van der Waals surface area contributed by atoms with Crippen LogP contribution in [0.25, 0.3) is 0 Å². The minimum Gasteiger partial charge on any atom is -0.491 e. The number of carbonyl (C=O) groups excluding carboxylic acids is 1. The van der Waals surface area contributed by atoms with Crippen LogP contribution in [0.2, 0.25) is 0 Å². The van der Waals surface area contributed by atoms with Crippen molar-refractivity contribution >= 4 is 11.9 Å². The van der Waals surface area contributed by atoms with Crippen molar-refractivity contribution in [3.8, 4) is 5.75 Å². The lowest BCUT2D eigenvalue weighted by Crippen LogP contribution is -2.25. The van der Waals surface area contributed by atoms with E-state index in [-0.39, 0.29) is 12.3 Å². The van der Waals surface area contributed by atoms with Crippen LogP contribution in [-0.4, -0.2) is 43.3 Å². The van der Waals surface area contributed by atoms with E-state index in [4.69, 9.17) is 14.6 Å². The number of hydrogen-bond donors (Lipinski definition) is 2. The van der Waals surface area contributed by atoms with Gasteiger partial charge in [0.2, 0.25) is 0 Å². The van der Waals surface area contributed by atoms with Gasteiger partial charge in [0, 0.05) is 18.7 Å². The molecule has 0 heterocycles. The van der Waals surface area contributed by atoms with Gasteiger partial charge in [0.15, 0.2) is 0 Å². The number of carbonyl (C=O) groups is 2. The number of amides is 1. The van der Waals surface area contributed by atoms with E-state index in [9.17, 15) is 9.59 Å². The molecule has 0 bridgehead atoms. The van der Waals surface area contributed by atoms with Gasteiger partial charge in [-0.05, 0) is 48.7 Å². The van der Waals surface area contributed by atoms with Gasteiger partial charge >= 0.3 is 5.97 Å². The van der Waals surface area contributed by atoms with Gasteiger partial charge in [-0.2, -0.15) is 0 Å². The number of nitrogens with one attached hydrogen (secondary N) is 1. The van der Waals surface area contributed by atoms with Crippen LogP contribution < -0.4 is 10.1 Å². The van der Waals surface area contributed by atoms with Crippen LogP contribution in [0, 0.1) is 0 Å². The van der Waals surface area contributed by atoms with Crippen molar-refractivity contribution in [3.05, 3.63) is 65.2 Å². The fourth-order valence-corrected chi connectivity index (χ4v) is 2.49. The Morgan fingerprint density at radius 2 is 1.63 bits per heavy atom. The lowest BCUT2D eigenvalue weighted by Gasteiger charge is -2.08. The molecule has 144 valence electrons. The van der Waals surface area contributed by atoms with Gasteiger partial charge in [-0.1, -0.05) is 24.3 Å². The zero-order chi connectivity index (χ0) is 19.5. The molecule has 0 radical (unpaired) electrons. The van der Waals surface area contributed by atoms with Crippen molar-refractivity contribution in [2.75, 3.05) is 26.4 Å². The van der Waals surface area contributed by atoms with Crippen LogP contribution >= 0.6 is 0 Å². The predicted molar refractivity (Wildman–Crippen MR) is 102 cm³/mol. The summed E-state index contributed by atoms with van der Waals surface area (Å²) in [5.41, 5.74) is 2.29. The monoisotopic (exact) mass is 371 g/mol. The van der Waals surface area contributed by atoms with Crippen LogP contribution in [0.1, 0.15) is 28.4 Å². The lowest BCUT2D eigenvalue weighted by molar-refractivity contribution is -0.136. The predicted octanol–water partition coefficient (Wildman–Crippen LogP) is 2.70. The molecule has 0 saturated heterocycles. The average Bonchev–Trinajstić information content (AvgIpc) is 2.66. The molecule has 0 aromatic heterocycles. The van der Waals surface area contributed by atoms with Crippen LogP contribution in [0.3, 0.4) is 0 Å². The first-order valence-corrected chi connectivity index (χ1v) is 8.97. The maximum Gasteiger partial charge on any atom is 0.307 e. The van der Waals surface area contributed by atoms with Gasteiger partial charge in [0.05, 0.1) is 13.0 Å². The van der Waals surface area contributed by atoms with Crippen LogP contribution in [0.4, 0.5) is 0 Å². The molecule has 2 aromatic carbocycles.